The highest BCUT2D eigenvalue weighted by molar-refractivity contribution is 5.16. The zero-order valence-electron chi connectivity index (χ0n) is 10.2. The maximum atomic E-state index is 6.07. The Labute approximate surface area is 97.6 Å². The van der Waals surface area contributed by atoms with E-state index in [0.29, 0.717) is 0 Å². The molecule has 0 fully saturated rings. The first kappa shape index (κ1) is 13.2. The molecule has 1 rings (SSSR count). The van der Waals surface area contributed by atoms with Crippen LogP contribution < -0.4 is 5.73 Å². The van der Waals surface area contributed by atoms with Gasteiger partial charge >= 0.3 is 0 Å². The van der Waals surface area contributed by atoms with Gasteiger partial charge in [0.1, 0.15) is 0 Å². The van der Waals surface area contributed by atoms with Crippen molar-refractivity contribution in [2.75, 3.05) is 7.11 Å². The summed E-state index contributed by atoms with van der Waals surface area (Å²) in [6.45, 7) is 3.84. The van der Waals surface area contributed by atoms with Crippen LogP contribution in [0.25, 0.3) is 0 Å². The van der Waals surface area contributed by atoms with Crippen LogP contribution in [0.15, 0.2) is 30.3 Å². The number of benzene rings is 1. The summed E-state index contributed by atoms with van der Waals surface area (Å²) in [6, 6.07) is 10.2. The molecule has 0 aliphatic rings. The molecule has 2 unspecified atom stereocenters. The van der Waals surface area contributed by atoms with Gasteiger partial charge in [-0.1, -0.05) is 30.3 Å². The Morgan fingerprint density at radius 1 is 1.19 bits per heavy atom. The fraction of sp³-hybridized carbons (Fsp3) is 0.538. The van der Waals surface area contributed by atoms with E-state index in [2.05, 4.69) is 12.1 Å². The summed E-state index contributed by atoms with van der Waals surface area (Å²) < 4.78 is 10.6. The van der Waals surface area contributed by atoms with Gasteiger partial charge in [-0.15, -0.1) is 0 Å². The molecule has 0 aliphatic carbocycles. The summed E-state index contributed by atoms with van der Waals surface area (Å²) in [5, 5.41) is 0. The minimum Gasteiger partial charge on any atom is -0.356 e. The first-order valence-corrected chi connectivity index (χ1v) is 5.61. The fourth-order valence-electron chi connectivity index (χ4n) is 1.51. The minimum atomic E-state index is -0.211. The second-order valence-corrected chi connectivity index (χ2v) is 4.00. The van der Waals surface area contributed by atoms with Gasteiger partial charge in [0.05, 0.1) is 6.10 Å². The molecule has 0 aliphatic heterocycles. The molecular formula is C13H21NO2. The third-order valence-corrected chi connectivity index (χ3v) is 2.66. The van der Waals surface area contributed by atoms with Gasteiger partial charge in [-0.3, -0.25) is 0 Å². The van der Waals surface area contributed by atoms with Crippen LogP contribution >= 0.6 is 0 Å². The van der Waals surface area contributed by atoms with Gasteiger partial charge in [0.25, 0.3) is 0 Å². The predicted octanol–water partition coefficient (Wildman–Crippen LogP) is 1.95. The summed E-state index contributed by atoms with van der Waals surface area (Å²) >= 11 is 0. The van der Waals surface area contributed by atoms with E-state index in [9.17, 15) is 0 Å². The molecule has 16 heavy (non-hydrogen) atoms. The summed E-state index contributed by atoms with van der Waals surface area (Å²) in [7, 11) is 1.63. The lowest BCUT2D eigenvalue weighted by molar-refractivity contribution is -0.144. The summed E-state index contributed by atoms with van der Waals surface area (Å²) in [6.07, 6.45) is 0.588. The molecule has 0 amide bonds. The van der Waals surface area contributed by atoms with E-state index in [0.717, 1.165) is 6.42 Å². The van der Waals surface area contributed by atoms with Crippen LogP contribution in [0, 0.1) is 0 Å². The van der Waals surface area contributed by atoms with Gasteiger partial charge in [0, 0.05) is 13.2 Å². The largest absolute Gasteiger partial charge is 0.356 e. The van der Waals surface area contributed by atoms with E-state index in [1.165, 1.54) is 5.56 Å². The van der Waals surface area contributed by atoms with Crippen LogP contribution in [0.2, 0.25) is 0 Å². The van der Waals surface area contributed by atoms with E-state index >= 15 is 0 Å². The number of methoxy groups -OCH3 is 1. The molecular weight excluding hydrogens is 202 g/mol. The molecule has 0 aromatic heterocycles. The number of nitrogens with two attached hydrogens (primary N) is 1. The monoisotopic (exact) mass is 223 g/mol. The lowest BCUT2D eigenvalue weighted by Gasteiger charge is -2.23. The predicted molar refractivity (Wildman–Crippen MR) is 65.1 cm³/mol. The van der Waals surface area contributed by atoms with Crippen molar-refractivity contribution in [2.24, 2.45) is 5.73 Å². The molecule has 0 radical (unpaired) electrons. The first-order valence-electron chi connectivity index (χ1n) is 5.61. The van der Waals surface area contributed by atoms with E-state index in [1.54, 1.807) is 7.11 Å². The zero-order valence-corrected chi connectivity index (χ0v) is 10.2. The van der Waals surface area contributed by atoms with Crippen molar-refractivity contribution in [1.29, 1.82) is 0 Å². The van der Waals surface area contributed by atoms with Gasteiger partial charge < -0.3 is 15.2 Å². The van der Waals surface area contributed by atoms with Crippen LogP contribution in [0.3, 0.4) is 0 Å². The molecule has 2 N–H and O–H groups in total. The Balaban J connectivity index is 2.43. The number of hydrogen-bond donors (Lipinski definition) is 1. The lowest BCUT2D eigenvalue weighted by Crippen LogP contribution is -2.38. The number of hydrogen-bond acceptors (Lipinski definition) is 3. The van der Waals surface area contributed by atoms with Crippen molar-refractivity contribution in [1.82, 2.24) is 0 Å². The number of rotatable bonds is 6. The Morgan fingerprint density at radius 2 is 1.81 bits per heavy atom. The highest BCUT2D eigenvalue weighted by Gasteiger charge is 2.16. The molecule has 0 bridgehead atoms. The van der Waals surface area contributed by atoms with Crippen molar-refractivity contribution >= 4 is 0 Å². The number of ether oxygens (including phenoxy) is 2. The first-order chi connectivity index (χ1) is 7.63. The summed E-state index contributed by atoms with van der Waals surface area (Å²) in [4.78, 5) is 0. The lowest BCUT2D eigenvalue weighted by atomic mass is 10.0. The van der Waals surface area contributed by atoms with Gasteiger partial charge in [0.15, 0.2) is 6.29 Å². The van der Waals surface area contributed by atoms with Crippen molar-refractivity contribution in [2.45, 2.75) is 38.7 Å². The molecule has 3 nitrogen and oxygen atoms in total. The Kier molecular flexibility index (Phi) is 5.46. The van der Waals surface area contributed by atoms with Crippen LogP contribution in [-0.4, -0.2) is 25.5 Å². The molecule has 90 valence electrons. The van der Waals surface area contributed by atoms with Crippen LogP contribution in [0.5, 0.6) is 0 Å². The molecule has 1 aromatic carbocycles. The average molecular weight is 223 g/mol. The minimum absolute atomic E-state index is 0.0139. The highest BCUT2D eigenvalue weighted by atomic mass is 16.7. The van der Waals surface area contributed by atoms with Crippen molar-refractivity contribution in [3.8, 4) is 0 Å². The third-order valence-electron chi connectivity index (χ3n) is 2.66. The molecule has 0 saturated heterocycles. The van der Waals surface area contributed by atoms with Crippen molar-refractivity contribution in [3.05, 3.63) is 35.9 Å². The fourth-order valence-corrected chi connectivity index (χ4v) is 1.51. The highest BCUT2D eigenvalue weighted by Crippen LogP contribution is 2.08. The third kappa shape index (κ3) is 4.31. The van der Waals surface area contributed by atoms with Gasteiger partial charge in [-0.2, -0.15) is 0 Å². The summed E-state index contributed by atoms with van der Waals surface area (Å²) in [5.41, 5.74) is 7.30. The van der Waals surface area contributed by atoms with Gasteiger partial charge in [-0.05, 0) is 25.8 Å². The molecule has 0 saturated carbocycles. The van der Waals surface area contributed by atoms with Crippen molar-refractivity contribution in [3.63, 3.8) is 0 Å². The van der Waals surface area contributed by atoms with Gasteiger partial charge in [0.2, 0.25) is 0 Å². The quantitative estimate of drug-likeness (QED) is 0.750. The van der Waals surface area contributed by atoms with Crippen LogP contribution in [-0.2, 0) is 15.9 Å². The summed E-state index contributed by atoms with van der Waals surface area (Å²) in [5.74, 6) is 0. The Bertz CT molecular complexity index is 289. The second-order valence-electron chi connectivity index (χ2n) is 4.00. The topological polar surface area (TPSA) is 44.5 Å². The Morgan fingerprint density at radius 3 is 2.38 bits per heavy atom. The standard InChI is InChI=1S/C13H21NO2/c1-10(16-11(2)15-3)13(14)9-12-7-5-4-6-8-12/h4-8,10-11,13H,9,14H2,1-3H3/t10?,11-,13?/m0/s1. The van der Waals surface area contributed by atoms with E-state index in [-0.39, 0.29) is 18.4 Å². The zero-order chi connectivity index (χ0) is 12.0. The maximum Gasteiger partial charge on any atom is 0.154 e. The van der Waals surface area contributed by atoms with Gasteiger partial charge in [-0.25, -0.2) is 0 Å². The molecule has 3 atom stereocenters. The molecule has 3 heteroatoms. The Hall–Kier alpha value is -0.900. The normalized spacial score (nSPS) is 16.8. The van der Waals surface area contributed by atoms with Crippen molar-refractivity contribution < 1.29 is 9.47 Å². The molecule has 0 heterocycles. The maximum absolute atomic E-state index is 6.07. The SMILES string of the molecule is CO[C@H](C)OC(C)C(N)Cc1ccccc1. The van der Waals surface area contributed by atoms with E-state index in [1.807, 2.05) is 32.0 Å². The molecule has 1 aromatic rings. The van der Waals surface area contributed by atoms with E-state index in [4.69, 9.17) is 15.2 Å². The smallest absolute Gasteiger partial charge is 0.154 e. The molecule has 0 spiro atoms. The second kappa shape index (κ2) is 6.63. The average Bonchev–Trinajstić information content (AvgIpc) is 2.30. The van der Waals surface area contributed by atoms with Crippen LogP contribution in [0.1, 0.15) is 19.4 Å². The van der Waals surface area contributed by atoms with Crippen LogP contribution in [0.4, 0.5) is 0 Å². The van der Waals surface area contributed by atoms with E-state index < -0.39 is 0 Å².